The van der Waals surface area contributed by atoms with Crippen LogP contribution in [0.15, 0.2) is 41.8 Å². The maximum absolute atomic E-state index is 13.7. The lowest BCUT2D eigenvalue weighted by molar-refractivity contribution is -0.139. The topological polar surface area (TPSA) is 286 Å². The van der Waals surface area contributed by atoms with E-state index < -0.39 is 102 Å². The molecule has 0 radical (unpaired) electrons. The number of aliphatic hydroxyl groups excluding tert-OH is 1. The Kier molecular flexibility index (Phi) is 17.1. The number of rotatable bonds is 19. The maximum atomic E-state index is 13.7. The summed E-state index contributed by atoms with van der Waals surface area (Å²) in [6.07, 6.45) is 1.97. The number of fused-ring (bicyclic) bond motifs is 1. The molecule has 59 heavy (non-hydrogen) atoms. The third-order valence-electron chi connectivity index (χ3n) is 9.92. The normalized spacial score (nSPS) is 16.6. The number of urea groups is 1. The second-order valence-electron chi connectivity index (χ2n) is 14.4. The van der Waals surface area contributed by atoms with Gasteiger partial charge in [-0.3, -0.25) is 38.4 Å². The number of allylic oxidation sites excluding steroid dienone is 1. The predicted molar refractivity (Wildman–Crippen MR) is 217 cm³/mol. The summed E-state index contributed by atoms with van der Waals surface area (Å²) < 4.78 is 1.72. The molecule has 2 heterocycles. The second kappa shape index (κ2) is 21.4. The van der Waals surface area contributed by atoms with Gasteiger partial charge in [-0.05, 0) is 57.2 Å². The van der Waals surface area contributed by atoms with E-state index in [1.54, 1.807) is 36.6 Å². The first-order chi connectivity index (χ1) is 27.8. The van der Waals surface area contributed by atoms with Gasteiger partial charge in [0.05, 0.1) is 11.6 Å². The monoisotopic (exact) mass is 825 g/mol. The quantitative estimate of drug-likeness (QED) is 0.0859. The Morgan fingerprint density at radius 2 is 1.63 bits per heavy atom. The number of aliphatic carboxylic acids is 1. The van der Waals surface area contributed by atoms with E-state index in [1.807, 2.05) is 0 Å². The van der Waals surface area contributed by atoms with Crippen molar-refractivity contribution in [2.45, 2.75) is 110 Å². The number of likely N-dealkylation sites (N-methyl/N-ethyl adjacent to an activating group) is 1. The molecule has 1 fully saturated rings. The summed E-state index contributed by atoms with van der Waals surface area (Å²) in [4.78, 5) is 117. The number of amides is 8. The van der Waals surface area contributed by atoms with Gasteiger partial charge in [0.2, 0.25) is 40.9 Å². The van der Waals surface area contributed by atoms with Crippen molar-refractivity contribution in [3.8, 4) is 0 Å². The number of hydrogen-bond donors (Lipinski definition) is 9. The number of nitrogens with zero attached hydrogens (tertiary/aromatic N) is 2. The highest BCUT2D eigenvalue weighted by molar-refractivity contribution is 6.00. The molecule has 0 aliphatic carbocycles. The van der Waals surface area contributed by atoms with Crippen LogP contribution in [-0.4, -0.2) is 117 Å². The number of nitrogens with one attached hydrogen (secondary N) is 7. The van der Waals surface area contributed by atoms with E-state index in [1.165, 1.54) is 45.0 Å². The largest absolute Gasteiger partial charge is 0.481 e. The number of pyridine rings is 1. The van der Waals surface area contributed by atoms with Crippen LogP contribution >= 0.6 is 0 Å². The van der Waals surface area contributed by atoms with Crippen LogP contribution in [0.3, 0.4) is 0 Å². The summed E-state index contributed by atoms with van der Waals surface area (Å²) in [5.41, 5.74) is 0.362. The zero-order chi connectivity index (χ0) is 44.1. The van der Waals surface area contributed by atoms with Gasteiger partial charge < -0.3 is 56.9 Å². The molecule has 0 unspecified atom stereocenters. The van der Waals surface area contributed by atoms with Crippen molar-refractivity contribution >= 4 is 69.7 Å². The summed E-state index contributed by atoms with van der Waals surface area (Å²) in [5.74, 6) is -5.93. The zero-order valence-corrected chi connectivity index (χ0v) is 34.0. The predicted octanol–water partition coefficient (Wildman–Crippen LogP) is 0.139. The molecule has 20 heteroatoms. The van der Waals surface area contributed by atoms with E-state index in [0.717, 1.165) is 0 Å². The van der Waals surface area contributed by atoms with E-state index >= 15 is 0 Å². The van der Waals surface area contributed by atoms with Gasteiger partial charge in [0.1, 0.15) is 35.9 Å². The average Bonchev–Trinajstić information content (AvgIpc) is 3.69. The number of carbonyl (C=O) groups is 8. The Morgan fingerprint density at radius 1 is 0.932 bits per heavy atom. The minimum Gasteiger partial charge on any atom is -0.481 e. The Balaban J connectivity index is 1.74. The smallest absolute Gasteiger partial charge is 0.318 e. The lowest BCUT2D eigenvalue weighted by Gasteiger charge is -2.31. The second-order valence-corrected chi connectivity index (χ2v) is 14.4. The molecule has 1 aliphatic rings. The van der Waals surface area contributed by atoms with Crippen LogP contribution in [0.2, 0.25) is 0 Å². The molecule has 9 N–H and O–H groups in total. The SMILES string of the molecule is C=CCn1cc(NC(C)=O)c(=O)c2cc(NC(=O)[C@@H](C)NC(=O)[C@@H]3CCCN3C(=O)N[C@H](C(=O)N[C@@H](CCC(=O)O)C(=O)N[C@H](C(=O)NC)[C@@H](C)O)[C@@H](C)CC)ccc21. The fourth-order valence-corrected chi connectivity index (χ4v) is 6.48. The van der Waals surface area contributed by atoms with Gasteiger partial charge in [0.25, 0.3) is 0 Å². The van der Waals surface area contributed by atoms with Gasteiger partial charge in [-0.1, -0.05) is 26.3 Å². The molecule has 0 spiro atoms. The number of hydrogen-bond acceptors (Lipinski definition) is 10. The van der Waals surface area contributed by atoms with Gasteiger partial charge >= 0.3 is 12.0 Å². The number of carbonyl (C=O) groups excluding carboxylic acids is 7. The van der Waals surface area contributed by atoms with Crippen LogP contribution in [0.4, 0.5) is 16.2 Å². The van der Waals surface area contributed by atoms with Gasteiger partial charge in [-0.15, -0.1) is 6.58 Å². The Labute approximate surface area is 340 Å². The van der Waals surface area contributed by atoms with E-state index in [-0.39, 0.29) is 36.1 Å². The Hall–Kier alpha value is -6.31. The van der Waals surface area contributed by atoms with E-state index in [2.05, 4.69) is 43.8 Å². The van der Waals surface area contributed by atoms with Crippen molar-refractivity contribution in [3.05, 3.63) is 47.3 Å². The molecule has 322 valence electrons. The van der Waals surface area contributed by atoms with Crippen molar-refractivity contribution in [2.75, 3.05) is 24.2 Å². The third-order valence-corrected chi connectivity index (χ3v) is 9.92. The number of carboxylic acids is 1. The van der Waals surface area contributed by atoms with Crippen LogP contribution in [0.25, 0.3) is 10.9 Å². The van der Waals surface area contributed by atoms with Crippen molar-refractivity contribution in [1.29, 1.82) is 0 Å². The van der Waals surface area contributed by atoms with Gasteiger partial charge in [0.15, 0.2) is 0 Å². The fourth-order valence-electron chi connectivity index (χ4n) is 6.48. The zero-order valence-electron chi connectivity index (χ0n) is 34.0. The van der Waals surface area contributed by atoms with Gasteiger partial charge in [0, 0.05) is 50.8 Å². The molecule has 2 aromatic rings. The fraction of sp³-hybridized carbons (Fsp3) is 0.513. The van der Waals surface area contributed by atoms with Gasteiger partial charge in [-0.2, -0.15) is 0 Å². The molecule has 7 atom stereocenters. The third kappa shape index (κ3) is 12.6. The summed E-state index contributed by atoms with van der Waals surface area (Å²) in [6, 6.07) is -2.32. The molecule has 3 rings (SSSR count). The van der Waals surface area contributed by atoms with Crippen LogP contribution in [0.1, 0.15) is 66.7 Å². The van der Waals surface area contributed by atoms with Crippen molar-refractivity contribution in [1.82, 2.24) is 36.1 Å². The van der Waals surface area contributed by atoms with Crippen molar-refractivity contribution in [3.63, 3.8) is 0 Å². The molecule has 1 aromatic carbocycles. The van der Waals surface area contributed by atoms with Crippen molar-refractivity contribution < 1.29 is 48.6 Å². The standard InChI is InChI=1S/C39H55N9O11/c1-8-16-47-19-27(42-23(6)50)33(53)25-18-24(12-14-28(25)47)43-34(54)21(4)41-36(56)29-11-10-17-48(29)39(59)46-31(20(3)9-2)38(58)44-26(13-15-30(51)52)35(55)45-32(22(5)49)37(57)40-7/h8,12,14,18-22,26,29,31-32,49H,1,9-11,13,15-17H2,2-7H3,(H,40,57)(H,41,56)(H,42,50)(H,43,54)(H,44,58)(H,45,55)(H,46,59)(H,51,52)/t20-,21+,22+,26-,29-,31-,32-/m0/s1. The molecule has 20 nitrogen and oxygen atoms in total. The van der Waals surface area contributed by atoms with Crippen LogP contribution in [-0.2, 0) is 40.1 Å². The lowest BCUT2D eigenvalue weighted by Crippen LogP contribution is -2.61. The first-order valence-electron chi connectivity index (χ1n) is 19.3. The first-order valence-corrected chi connectivity index (χ1v) is 19.3. The molecular formula is C39H55N9O11. The molecule has 0 bridgehead atoms. The van der Waals surface area contributed by atoms with Crippen molar-refractivity contribution in [2.24, 2.45) is 5.92 Å². The maximum Gasteiger partial charge on any atom is 0.318 e. The summed E-state index contributed by atoms with van der Waals surface area (Å²) in [6.45, 7) is 11.6. The Bertz CT molecular complexity index is 2000. The van der Waals surface area contributed by atoms with Crippen LogP contribution < -0.4 is 42.6 Å². The first kappa shape index (κ1) is 47.1. The summed E-state index contributed by atoms with van der Waals surface area (Å²) >= 11 is 0. The molecule has 1 saturated heterocycles. The average molecular weight is 826 g/mol. The number of aliphatic hydroxyl groups is 1. The highest BCUT2D eigenvalue weighted by Crippen LogP contribution is 2.21. The molecule has 1 aromatic heterocycles. The molecule has 1 aliphatic heterocycles. The van der Waals surface area contributed by atoms with Crippen LogP contribution in [0, 0.1) is 5.92 Å². The highest BCUT2D eigenvalue weighted by Gasteiger charge is 2.38. The molecule has 0 saturated carbocycles. The number of anilines is 2. The minimum absolute atomic E-state index is 0.0469. The summed E-state index contributed by atoms with van der Waals surface area (Å²) in [7, 11) is 1.30. The van der Waals surface area contributed by atoms with Gasteiger partial charge in [-0.25, -0.2) is 4.79 Å². The summed E-state index contributed by atoms with van der Waals surface area (Å²) in [5, 5.41) is 37.1. The van der Waals surface area contributed by atoms with E-state index in [0.29, 0.717) is 24.9 Å². The molecule has 8 amide bonds. The number of aromatic nitrogens is 1. The van der Waals surface area contributed by atoms with E-state index in [9.17, 15) is 53.4 Å². The minimum atomic E-state index is -1.46. The van der Waals surface area contributed by atoms with E-state index in [4.69, 9.17) is 0 Å². The molecular weight excluding hydrogens is 770 g/mol. The highest BCUT2D eigenvalue weighted by atomic mass is 16.4. The lowest BCUT2D eigenvalue weighted by atomic mass is 9.97. The number of carboxylic acid groups (broad SMARTS) is 1. The number of benzene rings is 1. The Morgan fingerprint density at radius 3 is 2.22 bits per heavy atom. The number of likely N-dealkylation sites (tertiary alicyclic amines) is 1. The van der Waals surface area contributed by atoms with Crippen LogP contribution in [0.5, 0.6) is 0 Å².